The Balaban J connectivity index is 2.64. The Kier molecular flexibility index (Phi) is 1.63. The van der Waals surface area contributed by atoms with Crippen LogP contribution in [0.1, 0.15) is 6.42 Å². The number of aliphatic imine (C=N–C) groups is 1. The van der Waals surface area contributed by atoms with Gasteiger partial charge in [-0.15, -0.1) is 0 Å². The summed E-state index contributed by atoms with van der Waals surface area (Å²) in [6.45, 7) is 0. The van der Waals surface area contributed by atoms with Crippen LogP contribution in [0.2, 0.25) is 0 Å². The number of carboxylic acid groups (broad SMARTS) is 1. The Hall–Kier alpha value is -0.690. The van der Waals surface area contributed by atoms with Gasteiger partial charge in [0.2, 0.25) is 0 Å². The molecule has 1 aliphatic rings. The van der Waals surface area contributed by atoms with E-state index in [-0.39, 0.29) is 0 Å². The van der Waals surface area contributed by atoms with E-state index in [1.54, 1.807) is 0 Å². The van der Waals surface area contributed by atoms with Crippen LogP contribution in [0, 0.1) is 0 Å². The summed E-state index contributed by atoms with van der Waals surface area (Å²) in [7, 11) is 2.38. The number of hydrogen-bond acceptors (Lipinski definition) is 2. The summed E-state index contributed by atoms with van der Waals surface area (Å²) >= 11 is 0. The maximum absolute atomic E-state index is 10.2. The molecule has 0 aromatic heterocycles. The highest BCUT2D eigenvalue weighted by molar-refractivity contribution is 7.40. The van der Waals surface area contributed by atoms with Crippen LogP contribution < -0.4 is 0 Å². The number of aliphatic carboxylic acids is 1. The van der Waals surface area contributed by atoms with Gasteiger partial charge in [0.25, 0.3) is 0 Å². The molecule has 48 valence electrons. The second kappa shape index (κ2) is 2.28. The van der Waals surface area contributed by atoms with Crippen LogP contribution in [0.4, 0.5) is 0 Å². The summed E-state index contributed by atoms with van der Waals surface area (Å²) in [5, 5.41) is 8.38. The molecule has 1 aliphatic heterocycles. The summed E-state index contributed by atoms with van der Waals surface area (Å²) in [5.41, 5.74) is 1.15. The molecule has 9 heavy (non-hydrogen) atoms. The molecule has 1 rings (SSSR count). The number of hydrogen-bond donors (Lipinski definition) is 1. The molecule has 3 nitrogen and oxygen atoms in total. The molecule has 1 heterocycles. The van der Waals surface area contributed by atoms with E-state index in [9.17, 15) is 4.79 Å². The van der Waals surface area contributed by atoms with Crippen molar-refractivity contribution in [3.63, 3.8) is 0 Å². The highest BCUT2D eigenvalue weighted by Gasteiger charge is 2.12. The molecule has 1 unspecified atom stereocenters. The van der Waals surface area contributed by atoms with Gasteiger partial charge in [-0.2, -0.15) is 0 Å². The fraction of sp³-hybridized carbons (Fsp3) is 0.200. The average Bonchev–Trinajstić information content (AvgIpc) is 2.14. The molecule has 0 amide bonds. The van der Waals surface area contributed by atoms with Gasteiger partial charge in [0.15, 0.2) is 0 Å². The van der Waals surface area contributed by atoms with E-state index in [0.717, 1.165) is 5.45 Å². The maximum atomic E-state index is 10.2. The average molecular weight is 143 g/mol. The molecule has 0 saturated carbocycles. The first-order valence-corrected chi connectivity index (χ1v) is 3.02. The van der Waals surface area contributed by atoms with Crippen LogP contribution in [0.3, 0.4) is 0 Å². The maximum Gasteiger partial charge on any atom is 0.333 e. The van der Waals surface area contributed by atoms with Gasteiger partial charge in [0, 0.05) is 18.1 Å². The Labute approximate surface area is 54.7 Å². The Morgan fingerprint density at radius 1 is 1.89 bits per heavy atom. The molecule has 0 fully saturated rings. The number of nitrogens with zero attached hydrogens (tertiary/aromatic N) is 1. The van der Waals surface area contributed by atoms with Crippen molar-refractivity contribution in [1.82, 2.24) is 0 Å². The molecular formula is C5H6NO2P. The van der Waals surface area contributed by atoms with Gasteiger partial charge >= 0.3 is 5.97 Å². The first-order chi connectivity index (χ1) is 4.20. The van der Waals surface area contributed by atoms with E-state index in [1.807, 2.05) is 0 Å². The van der Waals surface area contributed by atoms with Gasteiger partial charge in [-0.05, 0) is 0 Å². The van der Waals surface area contributed by atoms with Crippen LogP contribution in [0.5, 0.6) is 0 Å². The minimum absolute atomic E-state index is 0.361. The molecule has 0 saturated heterocycles. The zero-order valence-corrected chi connectivity index (χ0v) is 5.82. The second-order valence-electron chi connectivity index (χ2n) is 1.76. The summed E-state index contributed by atoms with van der Waals surface area (Å²) in [4.78, 5) is 14.0. The van der Waals surface area contributed by atoms with Gasteiger partial charge in [-0.1, -0.05) is 9.24 Å². The molecule has 0 radical (unpaired) electrons. The van der Waals surface area contributed by atoms with Crippen molar-refractivity contribution in [2.75, 3.05) is 0 Å². The van der Waals surface area contributed by atoms with Crippen molar-refractivity contribution in [2.24, 2.45) is 4.99 Å². The van der Waals surface area contributed by atoms with Crippen LogP contribution in [-0.4, -0.2) is 16.5 Å². The molecule has 0 aromatic rings. The number of carboxylic acids is 1. The van der Waals surface area contributed by atoms with Gasteiger partial charge in [0.1, 0.15) is 0 Å². The lowest BCUT2D eigenvalue weighted by Crippen LogP contribution is -1.98. The highest BCUT2D eigenvalue weighted by atomic mass is 31.0. The Bertz CT molecular complexity index is 207. The molecule has 0 spiro atoms. The van der Waals surface area contributed by atoms with E-state index in [2.05, 4.69) is 14.2 Å². The minimum atomic E-state index is -0.879. The number of carbonyl (C=O) groups is 1. The van der Waals surface area contributed by atoms with Crippen LogP contribution in [0.25, 0.3) is 0 Å². The van der Waals surface area contributed by atoms with E-state index < -0.39 is 5.97 Å². The quantitative estimate of drug-likeness (QED) is 0.547. The van der Waals surface area contributed by atoms with Crippen molar-refractivity contribution < 1.29 is 9.90 Å². The zero-order valence-electron chi connectivity index (χ0n) is 4.66. The van der Waals surface area contributed by atoms with E-state index >= 15 is 0 Å². The monoisotopic (exact) mass is 143 g/mol. The van der Waals surface area contributed by atoms with Gasteiger partial charge in [0.05, 0.1) is 5.57 Å². The van der Waals surface area contributed by atoms with Crippen LogP contribution >= 0.6 is 9.24 Å². The molecular weight excluding hydrogens is 137 g/mol. The standard InChI is InChI=1S/C5H6NO2P/c7-5(8)3-1-4(9)6-2-3/h2H,1,9H2,(H,7,8). The van der Waals surface area contributed by atoms with Crippen molar-refractivity contribution in [1.29, 1.82) is 0 Å². The predicted molar refractivity (Wildman–Crippen MR) is 37.5 cm³/mol. The topological polar surface area (TPSA) is 49.7 Å². The van der Waals surface area contributed by atoms with E-state index in [1.165, 1.54) is 6.20 Å². The number of rotatable bonds is 1. The van der Waals surface area contributed by atoms with Crippen molar-refractivity contribution in [3.8, 4) is 0 Å². The molecule has 4 heteroatoms. The first kappa shape index (κ1) is 6.43. The normalized spacial score (nSPS) is 17.0. The van der Waals surface area contributed by atoms with Gasteiger partial charge < -0.3 is 5.11 Å². The zero-order chi connectivity index (χ0) is 6.85. The summed E-state index contributed by atoms with van der Waals surface area (Å²) in [5.74, 6) is -0.879. The SMILES string of the molecule is O=C(O)C1=CN=C(P)C1. The fourth-order valence-electron chi connectivity index (χ4n) is 0.578. The molecule has 0 aromatic carbocycles. The summed E-state index contributed by atoms with van der Waals surface area (Å²) < 4.78 is 0. The predicted octanol–water partition coefficient (Wildman–Crippen LogP) is 0.632. The summed E-state index contributed by atoms with van der Waals surface area (Å²) in [6.07, 6.45) is 1.84. The molecule has 0 aliphatic carbocycles. The molecule has 1 N–H and O–H groups in total. The molecule has 0 bridgehead atoms. The second-order valence-corrected chi connectivity index (χ2v) is 2.42. The van der Waals surface area contributed by atoms with E-state index in [4.69, 9.17) is 5.11 Å². The van der Waals surface area contributed by atoms with Crippen molar-refractivity contribution >= 4 is 20.7 Å². The first-order valence-electron chi connectivity index (χ1n) is 2.44. The van der Waals surface area contributed by atoms with Crippen molar-refractivity contribution in [3.05, 3.63) is 11.8 Å². The van der Waals surface area contributed by atoms with Crippen LogP contribution in [0.15, 0.2) is 16.8 Å². The largest absolute Gasteiger partial charge is 0.478 e. The van der Waals surface area contributed by atoms with Crippen LogP contribution in [-0.2, 0) is 4.79 Å². The van der Waals surface area contributed by atoms with E-state index in [0.29, 0.717) is 12.0 Å². The Morgan fingerprint density at radius 2 is 2.56 bits per heavy atom. The Morgan fingerprint density at radius 3 is 2.78 bits per heavy atom. The lowest BCUT2D eigenvalue weighted by Gasteiger charge is -1.89. The summed E-state index contributed by atoms with van der Waals surface area (Å²) in [6, 6.07) is 0. The fourth-order valence-corrected chi connectivity index (χ4v) is 0.873. The highest BCUT2D eigenvalue weighted by Crippen LogP contribution is 2.14. The third-order valence-corrected chi connectivity index (χ3v) is 1.39. The minimum Gasteiger partial charge on any atom is -0.478 e. The van der Waals surface area contributed by atoms with Gasteiger partial charge in [-0.25, -0.2) is 4.79 Å². The third kappa shape index (κ3) is 1.36. The smallest absolute Gasteiger partial charge is 0.333 e. The van der Waals surface area contributed by atoms with Gasteiger partial charge in [-0.3, -0.25) is 4.99 Å². The molecule has 1 atom stereocenters. The lowest BCUT2D eigenvalue weighted by atomic mass is 10.2. The van der Waals surface area contributed by atoms with Crippen molar-refractivity contribution in [2.45, 2.75) is 6.42 Å². The lowest BCUT2D eigenvalue weighted by molar-refractivity contribution is -0.132. The third-order valence-electron chi connectivity index (χ3n) is 1.03.